The Labute approximate surface area is 207 Å². The smallest absolute Gasteiger partial charge is 0.147 e. The molecular formula is C28H23N7O. The molecule has 0 unspecified atom stereocenters. The molecule has 1 aromatic carbocycles. The summed E-state index contributed by atoms with van der Waals surface area (Å²) in [5, 5.41) is 8.32. The number of ketones is 1. The van der Waals surface area contributed by atoms with Gasteiger partial charge in [-0.1, -0.05) is 24.3 Å². The van der Waals surface area contributed by atoms with Crippen molar-refractivity contribution in [2.24, 2.45) is 0 Å². The number of Topliss-reactive ketones (excluding diaryl/α,β-unsaturated/α-hetero) is 1. The van der Waals surface area contributed by atoms with Crippen molar-refractivity contribution in [2.45, 2.75) is 19.8 Å². The van der Waals surface area contributed by atoms with Gasteiger partial charge < -0.3 is 4.98 Å². The van der Waals surface area contributed by atoms with E-state index in [-0.39, 0.29) is 5.78 Å². The van der Waals surface area contributed by atoms with Crippen LogP contribution in [-0.4, -0.2) is 40.5 Å². The number of aromatic nitrogens is 7. The first kappa shape index (κ1) is 21.7. The number of H-pyrrole nitrogens is 2. The molecule has 176 valence electrons. The normalized spacial score (nSPS) is 11.2. The summed E-state index contributed by atoms with van der Waals surface area (Å²) < 4.78 is 1.93. The average Bonchev–Trinajstić information content (AvgIpc) is 3.64. The number of benzene rings is 1. The number of pyridine rings is 2. The molecule has 0 fully saturated rings. The summed E-state index contributed by atoms with van der Waals surface area (Å²) in [6.45, 7) is 1.96. The number of hydrogen-bond donors (Lipinski definition) is 2. The number of nitrogens with one attached hydrogen (secondary N) is 2. The van der Waals surface area contributed by atoms with Crippen molar-refractivity contribution in [3.8, 4) is 28.3 Å². The van der Waals surface area contributed by atoms with Crippen LogP contribution in [0.3, 0.4) is 0 Å². The van der Waals surface area contributed by atoms with Gasteiger partial charge in [0.25, 0.3) is 0 Å². The second-order valence-corrected chi connectivity index (χ2v) is 8.80. The lowest BCUT2D eigenvalue weighted by atomic mass is 10.0. The van der Waals surface area contributed by atoms with E-state index >= 15 is 0 Å². The van der Waals surface area contributed by atoms with Gasteiger partial charge in [0.1, 0.15) is 17.9 Å². The summed E-state index contributed by atoms with van der Waals surface area (Å²) in [6.07, 6.45) is 9.66. The van der Waals surface area contributed by atoms with E-state index in [0.717, 1.165) is 56.2 Å². The highest BCUT2D eigenvalue weighted by Gasteiger charge is 2.12. The molecule has 8 heteroatoms. The zero-order chi connectivity index (χ0) is 24.5. The summed E-state index contributed by atoms with van der Waals surface area (Å²) in [6, 6.07) is 17.9. The monoisotopic (exact) mass is 473 g/mol. The van der Waals surface area contributed by atoms with E-state index in [1.165, 1.54) is 0 Å². The Balaban J connectivity index is 1.16. The molecular weight excluding hydrogens is 450 g/mol. The van der Waals surface area contributed by atoms with Crippen molar-refractivity contribution in [1.29, 1.82) is 0 Å². The molecule has 5 aromatic heterocycles. The quantitative estimate of drug-likeness (QED) is 0.344. The number of rotatable bonds is 7. The van der Waals surface area contributed by atoms with E-state index < -0.39 is 0 Å². The van der Waals surface area contributed by atoms with Crippen molar-refractivity contribution in [3.63, 3.8) is 0 Å². The highest BCUT2D eigenvalue weighted by atomic mass is 16.1. The molecule has 0 saturated heterocycles. The van der Waals surface area contributed by atoms with E-state index in [1.54, 1.807) is 24.9 Å². The van der Waals surface area contributed by atoms with Crippen LogP contribution in [0.25, 0.3) is 39.2 Å². The Bertz CT molecular complexity index is 1660. The van der Waals surface area contributed by atoms with E-state index in [1.807, 2.05) is 66.2 Å². The maximum atomic E-state index is 12.7. The van der Waals surface area contributed by atoms with Gasteiger partial charge in [0.05, 0.1) is 16.9 Å². The lowest BCUT2D eigenvalue weighted by Crippen LogP contribution is -2.06. The second-order valence-electron chi connectivity index (χ2n) is 8.80. The Kier molecular flexibility index (Phi) is 5.46. The Morgan fingerprint density at radius 3 is 2.53 bits per heavy atom. The first-order chi connectivity index (χ1) is 17.6. The predicted molar refractivity (Wildman–Crippen MR) is 138 cm³/mol. The van der Waals surface area contributed by atoms with E-state index in [0.29, 0.717) is 12.8 Å². The highest BCUT2D eigenvalue weighted by molar-refractivity contribution is 5.91. The minimum absolute atomic E-state index is 0.129. The number of aromatic amines is 2. The van der Waals surface area contributed by atoms with Crippen LogP contribution >= 0.6 is 0 Å². The molecule has 0 radical (unpaired) electrons. The van der Waals surface area contributed by atoms with Crippen LogP contribution in [0.1, 0.15) is 17.0 Å². The molecule has 6 aromatic rings. The van der Waals surface area contributed by atoms with Crippen molar-refractivity contribution < 1.29 is 4.79 Å². The molecule has 0 amide bonds. The molecule has 0 bridgehead atoms. The van der Waals surface area contributed by atoms with E-state index in [2.05, 4.69) is 36.2 Å². The Morgan fingerprint density at radius 1 is 0.917 bits per heavy atom. The van der Waals surface area contributed by atoms with E-state index in [4.69, 9.17) is 0 Å². The van der Waals surface area contributed by atoms with Crippen LogP contribution in [0.4, 0.5) is 0 Å². The zero-order valence-electron chi connectivity index (χ0n) is 19.6. The third-order valence-electron chi connectivity index (χ3n) is 6.14. The molecule has 0 aliphatic rings. The first-order valence-electron chi connectivity index (χ1n) is 11.7. The summed E-state index contributed by atoms with van der Waals surface area (Å²) in [4.78, 5) is 29.1. The molecule has 5 heterocycles. The summed E-state index contributed by atoms with van der Waals surface area (Å²) >= 11 is 0. The standard InChI is InChI=1S/C28H23N7O/c1-18-16-35(17-31-18)28-24-15-26(32-25(24)8-11-30-28)20-4-2-19(3-5-20)12-23(36)13-22-14-27(34-33-22)21-6-9-29-10-7-21/h2-11,14-17,32H,12-13H2,1H3,(H,33,34). The zero-order valence-corrected chi connectivity index (χ0v) is 19.6. The largest absolute Gasteiger partial charge is 0.354 e. The van der Waals surface area contributed by atoms with Gasteiger partial charge in [-0.15, -0.1) is 0 Å². The number of aryl methyl sites for hydroxylation is 1. The van der Waals surface area contributed by atoms with Gasteiger partial charge in [-0.3, -0.25) is 19.4 Å². The molecule has 6 rings (SSSR count). The minimum atomic E-state index is 0.129. The van der Waals surface area contributed by atoms with Crippen molar-refractivity contribution >= 4 is 16.7 Å². The third kappa shape index (κ3) is 4.32. The number of carbonyl (C=O) groups excluding carboxylic acids is 1. The van der Waals surface area contributed by atoms with Crippen LogP contribution in [0.2, 0.25) is 0 Å². The van der Waals surface area contributed by atoms with Crippen molar-refractivity contribution in [1.82, 2.24) is 34.7 Å². The number of nitrogens with zero attached hydrogens (tertiary/aromatic N) is 5. The SMILES string of the molecule is Cc1cn(-c2nccc3[nH]c(-c4ccc(CC(=O)Cc5cc(-c6ccncc6)n[nH]5)cc4)cc23)cn1. The average molecular weight is 474 g/mol. The van der Waals surface area contributed by atoms with Crippen LogP contribution in [0.5, 0.6) is 0 Å². The summed E-state index contributed by atoms with van der Waals surface area (Å²) in [7, 11) is 0. The lowest BCUT2D eigenvalue weighted by molar-refractivity contribution is -0.117. The summed E-state index contributed by atoms with van der Waals surface area (Å²) in [5.74, 6) is 0.966. The van der Waals surface area contributed by atoms with Gasteiger partial charge >= 0.3 is 0 Å². The molecule has 0 aliphatic carbocycles. The molecule has 36 heavy (non-hydrogen) atoms. The number of fused-ring (bicyclic) bond motifs is 1. The van der Waals surface area contributed by atoms with Gasteiger partial charge in [-0.25, -0.2) is 9.97 Å². The van der Waals surface area contributed by atoms with Crippen LogP contribution in [-0.2, 0) is 17.6 Å². The minimum Gasteiger partial charge on any atom is -0.354 e. The fourth-order valence-corrected chi connectivity index (χ4v) is 4.36. The topological polar surface area (TPSA) is 105 Å². The molecule has 8 nitrogen and oxygen atoms in total. The van der Waals surface area contributed by atoms with Gasteiger partial charge in [0.15, 0.2) is 0 Å². The first-order valence-corrected chi connectivity index (χ1v) is 11.7. The van der Waals surface area contributed by atoms with Gasteiger partial charge in [0.2, 0.25) is 0 Å². The fraction of sp³-hybridized carbons (Fsp3) is 0.107. The fourth-order valence-electron chi connectivity index (χ4n) is 4.36. The van der Waals surface area contributed by atoms with Crippen LogP contribution in [0, 0.1) is 6.92 Å². The van der Waals surface area contributed by atoms with Gasteiger partial charge in [-0.2, -0.15) is 5.10 Å². The number of hydrogen-bond acceptors (Lipinski definition) is 5. The van der Waals surface area contributed by atoms with Crippen molar-refractivity contribution in [2.75, 3.05) is 0 Å². The van der Waals surface area contributed by atoms with Gasteiger partial charge in [-0.05, 0) is 48.4 Å². The number of carbonyl (C=O) groups is 1. The molecule has 0 aliphatic heterocycles. The van der Waals surface area contributed by atoms with E-state index in [9.17, 15) is 4.79 Å². The second kappa shape index (κ2) is 9.07. The highest BCUT2D eigenvalue weighted by Crippen LogP contribution is 2.28. The molecule has 0 atom stereocenters. The maximum Gasteiger partial charge on any atom is 0.147 e. The summed E-state index contributed by atoms with van der Waals surface area (Å²) in [5.41, 5.74) is 7.55. The van der Waals surface area contributed by atoms with Crippen molar-refractivity contribution in [3.05, 3.63) is 103 Å². The predicted octanol–water partition coefficient (Wildman–Crippen LogP) is 4.86. The Morgan fingerprint density at radius 2 is 1.75 bits per heavy atom. The molecule has 0 saturated carbocycles. The van der Waals surface area contributed by atoms with Crippen LogP contribution in [0.15, 0.2) is 85.7 Å². The number of imidazole rings is 1. The molecule has 0 spiro atoms. The van der Waals surface area contributed by atoms with Crippen LogP contribution < -0.4 is 0 Å². The maximum absolute atomic E-state index is 12.7. The lowest BCUT2D eigenvalue weighted by Gasteiger charge is -2.03. The van der Waals surface area contributed by atoms with Gasteiger partial charge in [0, 0.05) is 60.0 Å². The molecule has 2 N–H and O–H groups in total. The Hall–Kier alpha value is -4.85. The third-order valence-corrected chi connectivity index (χ3v) is 6.14.